The van der Waals surface area contributed by atoms with Gasteiger partial charge in [0.05, 0.1) is 6.04 Å². The molecule has 2 rings (SSSR count). The molecule has 0 aliphatic heterocycles. The number of amides is 1. The zero-order valence-electron chi connectivity index (χ0n) is 11.7. The van der Waals surface area contributed by atoms with E-state index in [0.717, 1.165) is 5.56 Å². The van der Waals surface area contributed by atoms with E-state index in [0.29, 0.717) is 6.54 Å². The largest absolute Gasteiger partial charge is 0.340 e. The molecule has 3 nitrogen and oxygen atoms in total. The molecule has 1 N–H and O–H groups in total. The zero-order valence-corrected chi connectivity index (χ0v) is 11.7. The standard InChI is InChI=1S/C16H20N2O/c1-12(17-2)16(19)18(3)11-13-8-9-14-6-4-5-7-15(14)10-13/h4-10,12,17H,11H2,1-3H3. The van der Waals surface area contributed by atoms with Gasteiger partial charge < -0.3 is 10.2 Å². The van der Waals surface area contributed by atoms with Gasteiger partial charge in [0.2, 0.25) is 5.91 Å². The third-order valence-corrected chi connectivity index (χ3v) is 3.41. The fourth-order valence-corrected chi connectivity index (χ4v) is 2.14. The lowest BCUT2D eigenvalue weighted by Crippen LogP contribution is -2.41. The van der Waals surface area contributed by atoms with Gasteiger partial charge in [0.15, 0.2) is 0 Å². The second kappa shape index (κ2) is 5.85. The van der Waals surface area contributed by atoms with Gasteiger partial charge in [0, 0.05) is 13.6 Å². The summed E-state index contributed by atoms with van der Waals surface area (Å²) in [5.74, 6) is 0.107. The highest BCUT2D eigenvalue weighted by Gasteiger charge is 2.15. The van der Waals surface area contributed by atoms with Crippen molar-refractivity contribution in [1.82, 2.24) is 10.2 Å². The lowest BCUT2D eigenvalue weighted by Gasteiger charge is -2.21. The molecule has 100 valence electrons. The van der Waals surface area contributed by atoms with Crippen LogP contribution in [-0.4, -0.2) is 30.9 Å². The molecule has 19 heavy (non-hydrogen) atoms. The Kier molecular flexibility index (Phi) is 4.17. The average molecular weight is 256 g/mol. The summed E-state index contributed by atoms with van der Waals surface area (Å²) in [5, 5.41) is 5.41. The van der Waals surface area contributed by atoms with Crippen LogP contribution in [-0.2, 0) is 11.3 Å². The predicted octanol–water partition coefficient (Wildman–Crippen LogP) is 2.41. The van der Waals surface area contributed by atoms with Gasteiger partial charge in [-0.2, -0.15) is 0 Å². The molecule has 0 spiro atoms. The SMILES string of the molecule is CNC(C)C(=O)N(C)Cc1ccc2ccccc2c1. The molecule has 0 saturated carbocycles. The molecule has 1 unspecified atom stereocenters. The summed E-state index contributed by atoms with van der Waals surface area (Å²) in [6.07, 6.45) is 0. The van der Waals surface area contributed by atoms with Crippen LogP contribution >= 0.6 is 0 Å². The van der Waals surface area contributed by atoms with E-state index in [1.807, 2.05) is 26.1 Å². The van der Waals surface area contributed by atoms with Crippen LogP contribution in [0.25, 0.3) is 10.8 Å². The van der Waals surface area contributed by atoms with Crippen LogP contribution in [0.4, 0.5) is 0 Å². The summed E-state index contributed by atoms with van der Waals surface area (Å²) in [5.41, 5.74) is 1.15. The highest BCUT2D eigenvalue weighted by molar-refractivity contribution is 5.83. The van der Waals surface area contributed by atoms with Crippen LogP contribution in [0.1, 0.15) is 12.5 Å². The van der Waals surface area contributed by atoms with E-state index in [-0.39, 0.29) is 11.9 Å². The van der Waals surface area contributed by atoms with E-state index >= 15 is 0 Å². The first-order chi connectivity index (χ1) is 9.11. The lowest BCUT2D eigenvalue weighted by atomic mass is 10.1. The van der Waals surface area contributed by atoms with Crippen molar-refractivity contribution in [2.24, 2.45) is 0 Å². The molecule has 1 amide bonds. The van der Waals surface area contributed by atoms with Gasteiger partial charge in [-0.1, -0.05) is 36.4 Å². The van der Waals surface area contributed by atoms with Crippen molar-refractivity contribution in [1.29, 1.82) is 0 Å². The molecule has 3 heteroatoms. The number of carbonyl (C=O) groups excluding carboxylic acids is 1. The summed E-state index contributed by atoms with van der Waals surface area (Å²) in [4.78, 5) is 13.8. The smallest absolute Gasteiger partial charge is 0.239 e. The van der Waals surface area contributed by atoms with Crippen LogP contribution in [0.5, 0.6) is 0 Å². The first-order valence-electron chi connectivity index (χ1n) is 6.51. The molecular weight excluding hydrogens is 236 g/mol. The van der Waals surface area contributed by atoms with Gasteiger partial charge in [0.25, 0.3) is 0 Å². The Morgan fingerprint density at radius 3 is 2.58 bits per heavy atom. The number of benzene rings is 2. The molecule has 0 aliphatic carbocycles. The second-order valence-corrected chi connectivity index (χ2v) is 4.89. The molecule has 0 aromatic heterocycles. The van der Waals surface area contributed by atoms with Crippen LogP contribution in [0.3, 0.4) is 0 Å². The van der Waals surface area contributed by atoms with E-state index in [1.165, 1.54) is 10.8 Å². The normalized spacial score (nSPS) is 12.4. The number of nitrogens with one attached hydrogen (secondary N) is 1. The van der Waals surface area contributed by atoms with Gasteiger partial charge in [-0.3, -0.25) is 4.79 Å². The monoisotopic (exact) mass is 256 g/mol. The summed E-state index contributed by atoms with van der Waals surface area (Å²) < 4.78 is 0. The molecule has 1 atom stereocenters. The molecule has 2 aromatic rings. The quantitative estimate of drug-likeness (QED) is 0.911. The Morgan fingerprint density at radius 2 is 1.89 bits per heavy atom. The van der Waals surface area contributed by atoms with Crippen LogP contribution in [0, 0.1) is 0 Å². The maximum absolute atomic E-state index is 12.0. The van der Waals surface area contributed by atoms with Gasteiger partial charge in [0.1, 0.15) is 0 Å². The zero-order chi connectivity index (χ0) is 13.8. The molecule has 0 saturated heterocycles. The molecule has 0 heterocycles. The van der Waals surface area contributed by atoms with E-state index < -0.39 is 0 Å². The van der Waals surface area contributed by atoms with Crippen molar-refractivity contribution in [2.75, 3.05) is 14.1 Å². The van der Waals surface area contributed by atoms with Gasteiger partial charge >= 0.3 is 0 Å². The third kappa shape index (κ3) is 3.12. The predicted molar refractivity (Wildman–Crippen MR) is 78.9 cm³/mol. The fraction of sp³-hybridized carbons (Fsp3) is 0.312. The second-order valence-electron chi connectivity index (χ2n) is 4.89. The number of hydrogen-bond acceptors (Lipinski definition) is 2. The first kappa shape index (κ1) is 13.6. The number of hydrogen-bond donors (Lipinski definition) is 1. The van der Waals surface area contributed by atoms with Crippen molar-refractivity contribution >= 4 is 16.7 Å². The van der Waals surface area contributed by atoms with Gasteiger partial charge in [-0.05, 0) is 36.4 Å². The van der Waals surface area contributed by atoms with Crippen LogP contribution < -0.4 is 5.32 Å². The van der Waals surface area contributed by atoms with Crippen LogP contribution in [0.15, 0.2) is 42.5 Å². The highest BCUT2D eigenvalue weighted by atomic mass is 16.2. The molecular formula is C16H20N2O. The summed E-state index contributed by atoms with van der Waals surface area (Å²) in [6.45, 7) is 2.51. The molecule has 0 bridgehead atoms. The first-order valence-corrected chi connectivity index (χ1v) is 6.51. The number of carbonyl (C=O) groups is 1. The minimum Gasteiger partial charge on any atom is -0.340 e. The molecule has 0 fully saturated rings. The van der Waals surface area contributed by atoms with E-state index in [2.05, 4.69) is 35.6 Å². The minimum atomic E-state index is -0.148. The van der Waals surface area contributed by atoms with Gasteiger partial charge in [-0.25, -0.2) is 0 Å². The maximum Gasteiger partial charge on any atom is 0.239 e. The number of nitrogens with zero attached hydrogens (tertiary/aromatic N) is 1. The summed E-state index contributed by atoms with van der Waals surface area (Å²) >= 11 is 0. The van der Waals surface area contributed by atoms with E-state index in [9.17, 15) is 4.79 Å². The van der Waals surface area contributed by atoms with Gasteiger partial charge in [-0.15, -0.1) is 0 Å². The molecule has 2 aromatic carbocycles. The van der Waals surface area contributed by atoms with Crippen molar-refractivity contribution in [3.05, 3.63) is 48.0 Å². The number of likely N-dealkylation sites (N-methyl/N-ethyl adjacent to an activating group) is 2. The Morgan fingerprint density at radius 1 is 1.21 bits per heavy atom. The van der Waals surface area contributed by atoms with Crippen molar-refractivity contribution < 1.29 is 4.79 Å². The number of rotatable bonds is 4. The Hall–Kier alpha value is -1.87. The number of fused-ring (bicyclic) bond motifs is 1. The lowest BCUT2D eigenvalue weighted by molar-refractivity contribution is -0.132. The fourth-order valence-electron chi connectivity index (χ4n) is 2.14. The van der Waals surface area contributed by atoms with Crippen molar-refractivity contribution in [3.8, 4) is 0 Å². The van der Waals surface area contributed by atoms with Crippen LogP contribution in [0.2, 0.25) is 0 Å². The average Bonchev–Trinajstić information content (AvgIpc) is 2.45. The topological polar surface area (TPSA) is 32.3 Å². The third-order valence-electron chi connectivity index (χ3n) is 3.41. The Labute approximate surface area is 114 Å². The minimum absolute atomic E-state index is 0.107. The molecule has 0 aliphatic rings. The Balaban J connectivity index is 2.15. The van der Waals surface area contributed by atoms with Crippen molar-refractivity contribution in [2.45, 2.75) is 19.5 Å². The molecule has 0 radical (unpaired) electrons. The Bertz CT molecular complexity index is 580. The van der Waals surface area contributed by atoms with Crippen molar-refractivity contribution in [3.63, 3.8) is 0 Å². The highest BCUT2D eigenvalue weighted by Crippen LogP contribution is 2.16. The van der Waals surface area contributed by atoms with E-state index in [1.54, 1.807) is 11.9 Å². The summed E-state index contributed by atoms with van der Waals surface area (Å²) in [7, 11) is 3.64. The summed E-state index contributed by atoms with van der Waals surface area (Å²) in [6, 6.07) is 14.4. The van der Waals surface area contributed by atoms with E-state index in [4.69, 9.17) is 0 Å². The maximum atomic E-state index is 12.0.